The van der Waals surface area contributed by atoms with E-state index in [1.54, 1.807) is 42.5 Å². The molecule has 1 saturated heterocycles. The number of para-hydroxylation sites is 1. The predicted octanol–water partition coefficient (Wildman–Crippen LogP) is 4.69. The Morgan fingerprint density at radius 1 is 0.889 bits per heavy atom. The molecule has 2 aromatic carbocycles. The molecule has 6 heteroatoms. The number of carbonyl (C=O) groups is 2. The molecule has 3 nitrogen and oxygen atoms in total. The molecule has 2 aliphatic rings. The normalized spacial score (nSPS) is 22.6. The summed E-state index contributed by atoms with van der Waals surface area (Å²) in [7, 11) is 0. The molecule has 0 bridgehead atoms. The fraction of sp³-hybridized carbons (Fsp3) is 0.238. The summed E-state index contributed by atoms with van der Waals surface area (Å²) in [6.45, 7) is 0. The SMILES string of the molecule is O=C1[C@H]2CC=C(c3cccc(C(F)(F)F)c3)C[C@H]2C(=O)N1c1ccccc1. The number of carbonyl (C=O) groups excluding carboxylic acids is 2. The third-order valence-electron chi connectivity index (χ3n) is 5.19. The van der Waals surface area contributed by atoms with E-state index in [2.05, 4.69) is 0 Å². The highest BCUT2D eigenvalue weighted by atomic mass is 19.4. The number of hydrogen-bond acceptors (Lipinski definition) is 2. The highest BCUT2D eigenvalue weighted by Crippen LogP contribution is 2.43. The van der Waals surface area contributed by atoms with Gasteiger partial charge in [-0.3, -0.25) is 14.5 Å². The van der Waals surface area contributed by atoms with Gasteiger partial charge in [-0.05, 0) is 48.2 Å². The van der Waals surface area contributed by atoms with E-state index < -0.39 is 23.6 Å². The molecular weight excluding hydrogens is 355 g/mol. The van der Waals surface area contributed by atoms with Crippen molar-refractivity contribution in [2.45, 2.75) is 19.0 Å². The van der Waals surface area contributed by atoms with Crippen molar-refractivity contribution in [2.24, 2.45) is 11.8 Å². The minimum atomic E-state index is -4.42. The van der Waals surface area contributed by atoms with Gasteiger partial charge in [0.2, 0.25) is 11.8 Å². The highest BCUT2D eigenvalue weighted by molar-refractivity contribution is 6.22. The molecule has 4 rings (SSSR count). The predicted molar refractivity (Wildman–Crippen MR) is 94.6 cm³/mol. The summed E-state index contributed by atoms with van der Waals surface area (Å²) in [5.74, 6) is -1.51. The Balaban J connectivity index is 1.62. The summed E-state index contributed by atoms with van der Waals surface area (Å²) in [4.78, 5) is 26.8. The van der Waals surface area contributed by atoms with E-state index in [9.17, 15) is 22.8 Å². The topological polar surface area (TPSA) is 37.4 Å². The second kappa shape index (κ2) is 6.37. The van der Waals surface area contributed by atoms with Gasteiger partial charge in [0.1, 0.15) is 0 Å². The number of allylic oxidation sites excluding steroid dienone is 2. The lowest BCUT2D eigenvalue weighted by atomic mass is 9.79. The van der Waals surface area contributed by atoms with Crippen LogP contribution in [0.2, 0.25) is 0 Å². The zero-order chi connectivity index (χ0) is 19.2. The van der Waals surface area contributed by atoms with Crippen LogP contribution < -0.4 is 4.90 Å². The van der Waals surface area contributed by atoms with Crippen molar-refractivity contribution >= 4 is 23.1 Å². The molecule has 0 saturated carbocycles. The summed E-state index contributed by atoms with van der Waals surface area (Å²) in [6.07, 6.45) is -2.02. The smallest absolute Gasteiger partial charge is 0.274 e. The Labute approximate surface area is 154 Å². The Kier molecular flexibility index (Phi) is 4.13. The van der Waals surface area contributed by atoms with E-state index >= 15 is 0 Å². The molecule has 0 unspecified atom stereocenters. The molecule has 2 atom stereocenters. The minimum Gasteiger partial charge on any atom is -0.274 e. The number of fused-ring (bicyclic) bond motifs is 1. The van der Waals surface area contributed by atoms with Gasteiger partial charge in [-0.1, -0.05) is 36.4 Å². The van der Waals surface area contributed by atoms with Crippen LogP contribution in [0.4, 0.5) is 18.9 Å². The Morgan fingerprint density at radius 3 is 2.30 bits per heavy atom. The molecule has 1 fully saturated rings. The summed E-state index contributed by atoms with van der Waals surface area (Å²) in [5, 5.41) is 0. The maximum absolute atomic E-state index is 13.0. The first-order valence-corrected chi connectivity index (χ1v) is 8.66. The second-order valence-electron chi connectivity index (χ2n) is 6.81. The standard InChI is InChI=1S/C21H16F3NO2/c22-21(23,24)15-6-4-5-13(11-15)14-9-10-17-18(12-14)20(27)25(19(17)26)16-7-2-1-3-8-16/h1-9,11,17-18H,10,12H2/t17-,18+/m0/s1. The Bertz CT molecular complexity index is 934. The summed E-state index contributed by atoms with van der Waals surface area (Å²) >= 11 is 0. The van der Waals surface area contributed by atoms with Crippen molar-refractivity contribution in [3.05, 3.63) is 71.8 Å². The first-order valence-electron chi connectivity index (χ1n) is 8.66. The molecule has 2 amide bonds. The van der Waals surface area contributed by atoms with E-state index in [1.807, 2.05) is 0 Å². The van der Waals surface area contributed by atoms with E-state index in [-0.39, 0.29) is 18.2 Å². The van der Waals surface area contributed by atoms with Crippen LogP contribution in [0.15, 0.2) is 60.7 Å². The van der Waals surface area contributed by atoms with Gasteiger partial charge in [-0.25, -0.2) is 0 Å². The van der Waals surface area contributed by atoms with Crippen LogP contribution in [0.5, 0.6) is 0 Å². The first kappa shape index (κ1) is 17.5. The third-order valence-corrected chi connectivity index (χ3v) is 5.19. The average molecular weight is 371 g/mol. The molecule has 0 radical (unpaired) electrons. The fourth-order valence-electron chi connectivity index (χ4n) is 3.83. The lowest BCUT2D eigenvalue weighted by Gasteiger charge is -2.22. The van der Waals surface area contributed by atoms with Gasteiger partial charge in [0.25, 0.3) is 0 Å². The molecule has 1 heterocycles. The third kappa shape index (κ3) is 3.05. The van der Waals surface area contributed by atoms with Crippen LogP contribution in [0.3, 0.4) is 0 Å². The van der Waals surface area contributed by atoms with Crippen molar-refractivity contribution in [3.63, 3.8) is 0 Å². The molecule has 0 N–H and O–H groups in total. The lowest BCUT2D eigenvalue weighted by Crippen LogP contribution is -2.30. The molecule has 1 aliphatic carbocycles. The molecule has 27 heavy (non-hydrogen) atoms. The quantitative estimate of drug-likeness (QED) is 0.719. The minimum absolute atomic E-state index is 0.240. The second-order valence-corrected chi connectivity index (χ2v) is 6.81. The zero-order valence-electron chi connectivity index (χ0n) is 14.2. The van der Waals surface area contributed by atoms with Crippen molar-refractivity contribution < 1.29 is 22.8 Å². The van der Waals surface area contributed by atoms with Crippen LogP contribution >= 0.6 is 0 Å². The fourth-order valence-corrected chi connectivity index (χ4v) is 3.83. The molecule has 2 aromatic rings. The van der Waals surface area contributed by atoms with E-state index in [0.717, 1.165) is 12.1 Å². The molecule has 0 spiro atoms. The van der Waals surface area contributed by atoms with Gasteiger partial charge in [0.05, 0.1) is 23.1 Å². The van der Waals surface area contributed by atoms with Gasteiger partial charge < -0.3 is 0 Å². The number of nitrogens with zero attached hydrogens (tertiary/aromatic N) is 1. The van der Waals surface area contributed by atoms with E-state index in [4.69, 9.17) is 0 Å². The van der Waals surface area contributed by atoms with Gasteiger partial charge in [-0.15, -0.1) is 0 Å². The van der Waals surface area contributed by atoms with Gasteiger partial charge in [0, 0.05) is 0 Å². The van der Waals surface area contributed by atoms with Crippen LogP contribution in [-0.2, 0) is 15.8 Å². The summed E-state index contributed by atoms with van der Waals surface area (Å²) in [5.41, 5.74) is 0.936. The van der Waals surface area contributed by atoms with E-state index in [1.165, 1.54) is 11.0 Å². The van der Waals surface area contributed by atoms with Crippen LogP contribution in [0.25, 0.3) is 5.57 Å². The van der Waals surface area contributed by atoms with Gasteiger partial charge in [0.15, 0.2) is 0 Å². The van der Waals surface area contributed by atoms with Gasteiger partial charge in [-0.2, -0.15) is 13.2 Å². The first-order chi connectivity index (χ1) is 12.9. The largest absolute Gasteiger partial charge is 0.416 e. The van der Waals surface area contributed by atoms with Crippen LogP contribution in [0.1, 0.15) is 24.0 Å². The van der Waals surface area contributed by atoms with Crippen molar-refractivity contribution in [1.29, 1.82) is 0 Å². The number of imide groups is 1. The monoisotopic (exact) mass is 371 g/mol. The molecular formula is C21H16F3NO2. The number of amides is 2. The summed E-state index contributed by atoms with van der Waals surface area (Å²) < 4.78 is 38.9. The molecule has 138 valence electrons. The number of alkyl halides is 3. The van der Waals surface area contributed by atoms with Crippen molar-refractivity contribution in [1.82, 2.24) is 0 Å². The maximum Gasteiger partial charge on any atom is 0.416 e. The summed E-state index contributed by atoms with van der Waals surface area (Å²) in [6, 6.07) is 13.8. The maximum atomic E-state index is 13.0. The number of halogens is 3. The van der Waals surface area contributed by atoms with Crippen molar-refractivity contribution in [2.75, 3.05) is 4.90 Å². The Morgan fingerprint density at radius 2 is 1.59 bits per heavy atom. The molecule has 0 aromatic heterocycles. The zero-order valence-corrected chi connectivity index (χ0v) is 14.2. The van der Waals surface area contributed by atoms with Crippen LogP contribution in [-0.4, -0.2) is 11.8 Å². The highest BCUT2D eigenvalue weighted by Gasteiger charge is 2.49. The number of anilines is 1. The van der Waals surface area contributed by atoms with Crippen LogP contribution in [0, 0.1) is 11.8 Å². The number of rotatable bonds is 2. The number of hydrogen-bond donors (Lipinski definition) is 0. The lowest BCUT2D eigenvalue weighted by molar-refractivity contribution is -0.137. The number of benzene rings is 2. The van der Waals surface area contributed by atoms with Gasteiger partial charge >= 0.3 is 6.18 Å². The Hall–Kier alpha value is -2.89. The van der Waals surface area contributed by atoms with E-state index in [0.29, 0.717) is 23.2 Å². The molecule has 1 aliphatic heterocycles. The average Bonchev–Trinajstić information content (AvgIpc) is 2.92. The van der Waals surface area contributed by atoms with Crippen molar-refractivity contribution in [3.8, 4) is 0 Å².